The first-order valence-corrected chi connectivity index (χ1v) is 12.8. The molecule has 0 heterocycles. The maximum atomic E-state index is 12.9. The van der Waals surface area contributed by atoms with Crippen molar-refractivity contribution >= 4 is 45.0 Å². The topological polar surface area (TPSA) is 87.7 Å². The summed E-state index contributed by atoms with van der Waals surface area (Å²) in [5.41, 5.74) is 2.29. The Kier molecular flexibility index (Phi) is 9.13. The second-order valence-corrected chi connectivity index (χ2v) is 10.0. The Morgan fingerprint density at radius 3 is 2.29 bits per heavy atom. The van der Waals surface area contributed by atoms with E-state index in [4.69, 9.17) is 17.0 Å². The molecule has 3 aromatic rings. The van der Waals surface area contributed by atoms with Gasteiger partial charge in [0.15, 0.2) is 5.11 Å². The Morgan fingerprint density at radius 1 is 1.00 bits per heavy atom. The third-order valence-electron chi connectivity index (χ3n) is 4.92. The van der Waals surface area contributed by atoms with Gasteiger partial charge in [-0.1, -0.05) is 42.5 Å². The molecule has 0 aliphatic carbocycles. The minimum atomic E-state index is -3.66. The summed E-state index contributed by atoms with van der Waals surface area (Å²) in [6.45, 7) is 2.77. The number of amides is 1. The van der Waals surface area contributed by atoms with Crippen molar-refractivity contribution < 1.29 is 17.9 Å². The third-order valence-corrected chi connectivity index (χ3v) is 6.95. The smallest absolute Gasteiger partial charge is 0.250 e. The lowest BCUT2D eigenvalue weighted by Crippen LogP contribution is -2.32. The minimum absolute atomic E-state index is 0.100. The normalized spacial score (nSPS) is 11.4. The van der Waals surface area contributed by atoms with Crippen LogP contribution in [0, 0.1) is 0 Å². The number of ether oxygens (including phenoxy) is 1. The molecule has 0 aliphatic heterocycles. The molecule has 182 valence electrons. The van der Waals surface area contributed by atoms with Crippen molar-refractivity contribution in [3.63, 3.8) is 0 Å². The van der Waals surface area contributed by atoms with Gasteiger partial charge in [-0.15, -0.1) is 0 Å². The number of hydrogen-bond donors (Lipinski definition) is 2. The Labute approximate surface area is 211 Å². The van der Waals surface area contributed by atoms with Crippen LogP contribution in [-0.2, 0) is 21.4 Å². The zero-order valence-corrected chi connectivity index (χ0v) is 21.1. The molecule has 3 aromatic carbocycles. The predicted molar refractivity (Wildman–Crippen MR) is 143 cm³/mol. The number of nitrogens with zero attached hydrogens (tertiary/aromatic N) is 1. The summed E-state index contributed by atoms with van der Waals surface area (Å²) in [7, 11) is -2.11. The number of hydrogen-bond acceptors (Lipinski definition) is 5. The van der Waals surface area contributed by atoms with Gasteiger partial charge in [-0.2, -0.15) is 4.31 Å². The molecule has 9 heteroatoms. The molecule has 7 nitrogen and oxygen atoms in total. The summed E-state index contributed by atoms with van der Waals surface area (Å²) in [5.74, 6) is 0.374. The molecule has 0 saturated heterocycles. The summed E-state index contributed by atoms with van der Waals surface area (Å²) < 4.78 is 32.4. The summed E-state index contributed by atoms with van der Waals surface area (Å²) in [6, 6.07) is 22.9. The van der Waals surface area contributed by atoms with Crippen LogP contribution in [-0.4, -0.2) is 37.4 Å². The number of sulfonamides is 1. The van der Waals surface area contributed by atoms with Crippen LogP contribution >= 0.6 is 12.2 Å². The summed E-state index contributed by atoms with van der Waals surface area (Å²) in [4.78, 5) is 12.3. The van der Waals surface area contributed by atoms with Crippen molar-refractivity contribution in [2.75, 3.05) is 19.0 Å². The molecule has 0 unspecified atom stereocenters. The largest absolute Gasteiger partial charge is 0.494 e. The summed E-state index contributed by atoms with van der Waals surface area (Å²) >= 11 is 5.19. The van der Waals surface area contributed by atoms with Crippen LogP contribution < -0.4 is 15.4 Å². The third kappa shape index (κ3) is 7.74. The van der Waals surface area contributed by atoms with E-state index >= 15 is 0 Å². The zero-order chi connectivity index (χ0) is 25.3. The fourth-order valence-electron chi connectivity index (χ4n) is 3.15. The predicted octanol–water partition coefficient (Wildman–Crippen LogP) is 4.43. The number of nitrogens with one attached hydrogen (secondary N) is 2. The Balaban J connectivity index is 1.53. The van der Waals surface area contributed by atoms with Gasteiger partial charge in [0.25, 0.3) is 0 Å². The highest BCUT2D eigenvalue weighted by atomic mass is 32.2. The van der Waals surface area contributed by atoms with Crippen molar-refractivity contribution in [2.45, 2.75) is 18.4 Å². The number of thiocarbonyl (C=S) groups is 1. The van der Waals surface area contributed by atoms with Crippen LogP contribution in [0.4, 0.5) is 5.69 Å². The first-order valence-electron chi connectivity index (χ1n) is 10.9. The SMILES string of the molecule is CCOc1ccc(/C=C/C(=O)NC(=S)Nc2ccc(S(=O)(=O)N(C)Cc3ccccc3)cc2)cc1. The fourth-order valence-corrected chi connectivity index (χ4v) is 4.52. The number of rotatable bonds is 9. The van der Waals surface area contributed by atoms with Crippen LogP contribution in [0.2, 0.25) is 0 Å². The van der Waals surface area contributed by atoms with E-state index < -0.39 is 15.9 Å². The second kappa shape index (κ2) is 12.3. The van der Waals surface area contributed by atoms with Crippen LogP contribution in [0.5, 0.6) is 5.75 Å². The monoisotopic (exact) mass is 509 g/mol. The number of carbonyl (C=O) groups excluding carboxylic acids is 1. The molecule has 1 amide bonds. The van der Waals surface area contributed by atoms with Crippen LogP contribution in [0.3, 0.4) is 0 Å². The molecular weight excluding hydrogens is 482 g/mol. The van der Waals surface area contributed by atoms with Crippen molar-refractivity contribution in [1.29, 1.82) is 0 Å². The molecule has 0 radical (unpaired) electrons. The Bertz CT molecular complexity index is 1270. The fraction of sp³-hybridized carbons (Fsp3) is 0.154. The Hall–Kier alpha value is -3.53. The highest BCUT2D eigenvalue weighted by molar-refractivity contribution is 7.89. The molecule has 0 aliphatic rings. The van der Waals surface area contributed by atoms with Gasteiger partial charge < -0.3 is 10.1 Å². The van der Waals surface area contributed by atoms with E-state index in [1.54, 1.807) is 25.3 Å². The van der Waals surface area contributed by atoms with E-state index in [-0.39, 0.29) is 16.6 Å². The molecule has 0 bridgehead atoms. The standard InChI is InChI=1S/C26H27N3O4S2/c1-3-33-23-14-9-20(10-15-23)11-18-25(30)28-26(34)27-22-12-16-24(17-13-22)35(31,32)29(2)19-21-7-5-4-6-8-21/h4-18H,3,19H2,1-2H3,(H2,27,28,30,34)/b18-11+. The average molecular weight is 510 g/mol. The van der Waals surface area contributed by atoms with Crippen molar-refractivity contribution in [3.8, 4) is 5.75 Å². The van der Waals surface area contributed by atoms with Gasteiger partial charge >= 0.3 is 0 Å². The van der Waals surface area contributed by atoms with Crippen LogP contribution in [0.1, 0.15) is 18.1 Å². The maximum absolute atomic E-state index is 12.9. The van der Waals surface area contributed by atoms with E-state index in [1.165, 1.54) is 22.5 Å². The maximum Gasteiger partial charge on any atom is 0.250 e. The Morgan fingerprint density at radius 2 is 1.66 bits per heavy atom. The molecule has 0 spiro atoms. The lowest BCUT2D eigenvalue weighted by molar-refractivity contribution is -0.115. The van der Waals surface area contributed by atoms with Gasteiger partial charge in [-0.25, -0.2) is 8.42 Å². The highest BCUT2D eigenvalue weighted by Gasteiger charge is 2.20. The molecule has 35 heavy (non-hydrogen) atoms. The van der Waals surface area contributed by atoms with Crippen molar-refractivity contribution in [1.82, 2.24) is 9.62 Å². The molecular formula is C26H27N3O4S2. The molecule has 0 saturated carbocycles. The zero-order valence-electron chi connectivity index (χ0n) is 19.5. The number of anilines is 1. The van der Waals surface area contributed by atoms with Gasteiger partial charge in [0.1, 0.15) is 5.75 Å². The van der Waals surface area contributed by atoms with Gasteiger partial charge in [0.2, 0.25) is 15.9 Å². The molecule has 0 aromatic heterocycles. The van der Waals surface area contributed by atoms with Gasteiger partial charge in [0, 0.05) is 25.4 Å². The summed E-state index contributed by atoms with van der Waals surface area (Å²) in [5, 5.41) is 5.55. The molecule has 0 fully saturated rings. The second-order valence-electron chi connectivity index (χ2n) is 7.55. The van der Waals surface area contributed by atoms with Crippen LogP contribution in [0.25, 0.3) is 6.08 Å². The first-order chi connectivity index (χ1) is 16.8. The minimum Gasteiger partial charge on any atom is -0.494 e. The molecule has 0 atom stereocenters. The number of benzene rings is 3. The van der Waals surface area contributed by atoms with Crippen molar-refractivity contribution in [3.05, 3.63) is 96.1 Å². The quantitative estimate of drug-likeness (QED) is 0.328. The van der Waals surface area contributed by atoms with E-state index in [0.29, 0.717) is 12.3 Å². The van der Waals surface area contributed by atoms with E-state index in [9.17, 15) is 13.2 Å². The van der Waals surface area contributed by atoms with Gasteiger partial charge in [0.05, 0.1) is 11.5 Å². The summed E-state index contributed by atoms with van der Waals surface area (Å²) in [6.07, 6.45) is 3.04. The van der Waals surface area contributed by atoms with Gasteiger partial charge in [-0.05, 0) is 72.7 Å². The van der Waals surface area contributed by atoms with Crippen LogP contribution in [0.15, 0.2) is 89.8 Å². The van der Waals surface area contributed by atoms with E-state index in [1.807, 2.05) is 61.5 Å². The first kappa shape index (κ1) is 26.1. The van der Waals surface area contributed by atoms with E-state index in [0.717, 1.165) is 16.9 Å². The lowest BCUT2D eigenvalue weighted by atomic mass is 10.2. The van der Waals surface area contributed by atoms with E-state index in [2.05, 4.69) is 10.6 Å². The van der Waals surface area contributed by atoms with Crippen molar-refractivity contribution in [2.24, 2.45) is 0 Å². The average Bonchev–Trinajstić information content (AvgIpc) is 2.84. The van der Waals surface area contributed by atoms with Gasteiger partial charge in [-0.3, -0.25) is 10.1 Å². The number of carbonyl (C=O) groups is 1. The molecule has 3 rings (SSSR count). The molecule has 2 N–H and O–H groups in total. The lowest BCUT2D eigenvalue weighted by Gasteiger charge is -2.17. The highest BCUT2D eigenvalue weighted by Crippen LogP contribution is 2.19.